The van der Waals surface area contributed by atoms with Crippen molar-refractivity contribution in [1.82, 2.24) is 30.1 Å². The van der Waals surface area contributed by atoms with Crippen LogP contribution in [0, 0.1) is 6.92 Å². The molecule has 98 valence electrons. The van der Waals surface area contributed by atoms with Gasteiger partial charge < -0.3 is 5.32 Å². The van der Waals surface area contributed by atoms with Gasteiger partial charge in [0.2, 0.25) is 0 Å². The van der Waals surface area contributed by atoms with E-state index < -0.39 is 0 Å². The summed E-state index contributed by atoms with van der Waals surface area (Å²) in [7, 11) is 1.94. The van der Waals surface area contributed by atoms with Gasteiger partial charge in [-0.3, -0.25) is 4.68 Å². The lowest BCUT2D eigenvalue weighted by molar-refractivity contribution is 0.580. The van der Waals surface area contributed by atoms with Gasteiger partial charge in [-0.05, 0) is 13.0 Å². The van der Waals surface area contributed by atoms with Gasteiger partial charge in [-0.15, -0.1) is 5.10 Å². The van der Waals surface area contributed by atoms with E-state index in [1.165, 1.54) is 0 Å². The van der Waals surface area contributed by atoms with Gasteiger partial charge in [0.05, 0.1) is 29.8 Å². The second-order valence-corrected chi connectivity index (χ2v) is 4.84. The molecule has 2 aromatic heterocycles. The highest BCUT2D eigenvalue weighted by atomic mass is 15.4. The summed E-state index contributed by atoms with van der Waals surface area (Å²) in [5.41, 5.74) is 3.11. The van der Waals surface area contributed by atoms with Crippen LogP contribution in [-0.4, -0.2) is 30.8 Å². The topological polar surface area (TPSA) is 60.6 Å². The van der Waals surface area contributed by atoms with Gasteiger partial charge >= 0.3 is 0 Å². The lowest BCUT2D eigenvalue weighted by atomic mass is 10.3. The molecule has 2 heterocycles. The third-order valence-electron chi connectivity index (χ3n) is 2.70. The van der Waals surface area contributed by atoms with Crippen LogP contribution in [0.5, 0.6) is 0 Å². The minimum absolute atomic E-state index is 0.454. The fourth-order valence-electron chi connectivity index (χ4n) is 1.78. The summed E-state index contributed by atoms with van der Waals surface area (Å²) in [4.78, 5) is 0. The van der Waals surface area contributed by atoms with Crippen molar-refractivity contribution in [2.45, 2.75) is 39.9 Å². The van der Waals surface area contributed by atoms with Gasteiger partial charge in [0.25, 0.3) is 0 Å². The molecule has 0 aliphatic carbocycles. The van der Waals surface area contributed by atoms with Crippen LogP contribution in [0.1, 0.15) is 30.9 Å². The van der Waals surface area contributed by atoms with Gasteiger partial charge in [-0.2, -0.15) is 5.10 Å². The van der Waals surface area contributed by atoms with E-state index >= 15 is 0 Å². The number of hydrogen-bond acceptors (Lipinski definition) is 4. The predicted molar refractivity (Wildman–Crippen MR) is 69.0 cm³/mol. The third-order valence-corrected chi connectivity index (χ3v) is 2.70. The molecule has 0 aliphatic heterocycles. The maximum atomic E-state index is 4.32. The number of aryl methyl sites for hydroxylation is 2. The Kier molecular flexibility index (Phi) is 3.76. The van der Waals surface area contributed by atoms with Crippen molar-refractivity contribution in [3.8, 4) is 0 Å². The van der Waals surface area contributed by atoms with Gasteiger partial charge in [0.1, 0.15) is 0 Å². The monoisotopic (exact) mass is 248 g/mol. The first-order chi connectivity index (χ1) is 8.54. The highest BCUT2D eigenvalue weighted by molar-refractivity contribution is 5.09. The zero-order valence-corrected chi connectivity index (χ0v) is 11.4. The average Bonchev–Trinajstić information content (AvgIpc) is 2.84. The maximum Gasteiger partial charge on any atom is 0.0965 e. The Labute approximate surface area is 107 Å². The van der Waals surface area contributed by atoms with Gasteiger partial charge in [-0.1, -0.05) is 19.1 Å². The highest BCUT2D eigenvalue weighted by Gasteiger charge is 2.06. The Morgan fingerprint density at radius 3 is 2.78 bits per heavy atom. The first kappa shape index (κ1) is 12.8. The largest absolute Gasteiger partial charge is 0.309 e. The third kappa shape index (κ3) is 3.16. The molecule has 6 nitrogen and oxygen atoms in total. The molecule has 0 unspecified atom stereocenters. The zero-order chi connectivity index (χ0) is 13.1. The van der Waals surface area contributed by atoms with Crippen LogP contribution in [0.25, 0.3) is 0 Å². The van der Waals surface area contributed by atoms with Crippen molar-refractivity contribution >= 4 is 0 Å². The fraction of sp³-hybridized carbons (Fsp3) is 0.583. The van der Waals surface area contributed by atoms with E-state index in [0.717, 1.165) is 23.6 Å². The second-order valence-electron chi connectivity index (χ2n) is 4.84. The molecule has 0 aromatic carbocycles. The summed E-state index contributed by atoms with van der Waals surface area (Å²) in [6.45, 7) is 7.67. The van der Waals surface area contributed by atoms with Crippen LogP contribution in [0.15, 0.2) is 12.3 Å². The molecule has 0 radical (unpaired) electrons. The van der Waals surface area contributed by atoms with E-state index in [2.05, 4.69) is 40.6 Å². The minimum Gasteiger partial charge on any atom is -0.309 e. The zero-order valence-electron chi connectivity index (χ0n) is 11.4. The first-order valence-electron chi connectivity index (χ1n) is 6.16. The highest BCUT2D eigenvalue weighted by Crippen LogP contribution is 2.04. The molecule has 0 aliphatic rings. The van der Waals surface area contributed by atoms with Crippen LogP contribution in [0.4, 0.5) is 0 Å². The summed E-state index contributed by atoms with van der Waals surface area (Å²) in [5.74, 6) is 0. The van der Waals surface area contributed by atoms with Crippen molar-refractivity contribution in [3.05, 3.63) is 29.3 Å². The SMILES string of the molecule is Cc1cc(Cn2cc(CNC(C)C)nn2)n(C)n1. The Morgan fingerprint density at radius 2 is 2.17 bits per heavy atom. The molecular weight excluding hydrogens is 228 g/mol. The number of nitrogens with one attached hydrogen (secondary N) is 1. The van der Waals surface area contributed by atoms with Crippen LogP contribution in [0.2, 0.25) is 0 Å². The smallest absolute Gasteiger partial charge is 0.0965 e. The molecule has 0 bridgehead atoms. The number of nitrogens with zero attached hydrogens (tertiary/aromatic N) is 5. The van der Waals surface area contributed by atoms with Gasteiger partial charge in [0.15, 0.2) is 0 Å². The number of hydrogen-bond donors (Lipinski definition) is 1. The molecule has 6 heteroatoms. The average molecular weight is 248 g/mol. The van der Waals surface area contributed by atoms with Crippen molar-refractivity contribution in [2.75, 3.05) is 0 Å². The van der Waals surface area contributed by atoms with E-state index in [0.29, 0.717) is 12.6 Å². The van der Waals surface area contributed by atoms with E-state index in [1.54, 1.807) is 0 Å². The molecule has 1 N–H and O–H groups in total. The Bertz CT molecular complexity index is 510. The molecule has 0 amide bonds. The molecule has 2 aromatic rings. The van der Waals surface area contributed by atoms with Crippen molar-refractivity contribution < 1.29 is 0 Å². The first-order valence-corrected chi connectivity index (χ1v) is 6.16. The fourth-order valence-corrected chi connectivity index (χ4v) is 1.78. The Hall–Kier alpha value is -1.69. The Balaban J connectivity index is 2.00. The molecule has 2 rings (SSSR count). The van der Waals surface area contributed by atoms with E-state index in [9.17, 15) is 0 Å². The molecule has 0 spiro atoms. The molecule has 0 atom stereocenters. The minimum atomic E-state index is 0.454. The number of rotatable bonds is 5. The Morgan fingerprint density at radius 1 is 1.39 bits per heavy atom. The lowest BCUT2D eigenvalue weighted by Crippen LogP contribution is -2.21. The van der Waals surface area contributed by atoms with Crippen molar-refractivity contribution in [2.24, 2.45) is 7.05 Å². The molecule has 18 heavy (non-hydrogen) atoms. The van der Waals surface area contributed by atoms with Crippen LogP contribution in [0.3, 0.4) is 0 Å². The second kappa shape index (κ2) is 5.30. The van der Waals surface area contributed by atoms with E-state index in [-0.39, 0.29) is 0 Å². The number of aromatic nitrogens is 5. The van der Waals surface area contributed by atoms with Crippen molar-refractivity contribution in [3.63, 3.8) is 0 Å². The normalized spacial score (nSPS) is 11.4. The van der Waals surface area contributed by atoms with Crippen LogP contribution >= 0.6 is 0 Å². The standard InChI is InChI=1S/C12H20N6/c1-9(2)13-6-11-7-18(16-14-11)8-12-5-10(3)15-17(12)4/h5,7,9,13H,6,8H2,1-4H3. The van der Waals surface area contributed by atoms with Gasteiger partial charge in [0, 0.05) is 19.6 Å². The summed E-state index contributed by atoms with van der Waals surface area (Å²) < 4.78 is 3.72. The summed E-state index contributed by atoms with van der Waals surface area (Å²) >= 11 is 0. The molecule has 0 saturated heterocycles. The summed E-state index contributed by atoms with van der Waals surface area (Å²) in [5, 5.41) is 15.9. The molecule has 0 saturated carbocycles. The predicted octanol–water partition coefficient (Wildman–Crippen LogP) is 0.866. The van der Waals surface area contributed by atoms with E-state index in [4.69, 9.17) is 0 Å². The summed E-state index contributed by atoms with van der Waals surface area (Å²) in [6.07, 6.45) is 1.97. The maximum absolute atomic E-state index is 4.32. The lowest BCUT2D eigenvalue weighted by Gasteiger charge is -2.04. The summed E-state index contributed by atoms with van der Waals surface area (Å²) in [6, 6.07) is 2.52. The van der Waals surface area contributed by atoms with E-state index in [1.807, 2.05) is 29.5 Å². The van der Waals surface area contributed by atoms with Crippen LogP contribution in [-0.2, 0) is 20.1 Å². The van der Waals surface area contributed by atoms with Crippen LogP contribution < -0.4 is 5.32 Å². The van der Waals surface area contributed by atoms with Crippen molar-refractivity contribution in [1.29, 1.82) is 0 Å². The van der Waals surface area contributed by atoms with Gasteiger partial charge in [-0.25, -0.2) is 4.68 Å². The molecular formula is C12H20N6. The molecule has 0 fully saturated rings. The quantitative estimate of drug-likeness (QED) is 0.853.